The number of aliphatic carboxylic acids is 1. The van der Waals surface area contributed by atoms with E-state index in [2.05, 4.69) is 0 Å². The van der Waals surface area contributed by atoms with E-state index in [9.17, 15) is 19.5 Å². The molecule has 1 aliphatic heterocycles. The minimum Gasteiger partial charge on any atom is -0.481 e. The summed E-state index contributed by atoms with van der Waals surface area (Å²) in [4.78, 5) is 38.3. The van der Waals surface area contributed by atoms with E-state index >= 15 is 0 Å². The van der Waals surface area contributed by atoms with Gasteiger partial charge in [0.25, 0.3) is 0 Å². The van der Waals surface area contributed by atoms with Gasteiger partial charge in [-0.2, -0.15) is 0 Å². The average Bonchev–Trinajstić information content (AvgIpc) is 3.27. The predicted octanol–water partition coefficient (Wildman–Crippen LogP) is 1.54. The molecule has 2 heterocycles. The molecule has 1 aromatic heterocycles. The molecule has 7 nitrogen and oxygen atoms in total. The van der Waals surface area contributed by atoms with E-state index in [0.717, 1.165) is 30.3 Å². The molecule has 1 N–H and O–H groups in total. The number of piperidine rings is 1. The first kappa shape index (κ1) is 16.9. The number of aryl methyl sites for hydroxylation is 1. The second-order valence-electron chi connectivity index (χ2n) is 7.44. The van der Waals surface area contributed by atoms with Crippen molar-refractivity contribution in [2.45, 2.75) is 39.3 Å². The molecule has 1 aromatic carbocycles. The molecule has 2 aliphatic rings. The summed E-state index contributed by atoms with van der Waals surface area (Å²) in [6.07, 6.45) is 2.20. The molecule has 4 rings (SSSR count). The zero-order chi connectivity index (χ0) is 18.5. The molecule has 1 spiro atoms. The molecule has 1 amide bonds. The van der Waals surface area contributed by atoms with E-state index < -0.39 is 5.97 Å². The van der Waals surface area contributed by atoms with E-state index in [1.54, 1.807) is 14.0 Å². The number of aromatic nitrogens is 2. The van der Waals surface area contributed by atoms with Gasteiger partial charge in [-0.1, -0.05) is 12.1 Å². The highest BCUT2D eigenvalue weighted by Crippen LogP contribution is 2.59. The summed E-state index contributed by atoms with van der Waals surface area (Å²) in [7, 11) is 0. The number of carbonyl (C=O) groups is 2. The Morgan fingerprint density at radius 3 is 2.31 bits per heavy atom. The van der Waals surface area contributed by atoms with Gasteiger partial charge in [0.2, 0.25) is 5.91 Å². The third-order valence-electron chi connectivity index (χ3n) is 6.13. The van der Waals surface area contributed by atoms with Crippen molar-refractivity contribution in [3.8, 4) is 0 Å². The summed E-state index contributed by atoms with van der Waals surface area (Å²) in [5.74, 6) is -1.04. The second-order valence-corrected chi connectivity index (χ2v) is 7.44. The van der Waals surface area contributed by atoms with Crippen LogP contribution in [0, 0.1) is 11.3 Å². The van der Waals surface area contributed by atoms with E-state index in [1.165, 1.54) is 0 Å². The standard InChI is InChI=1S/C19H23N3O4/c1-2-21-14-5-3-4-6-15(14)22(18(21)26)12-16(23)20-9-7-19(8-10-20)11-13(19)17(24)25/h3-6,13H,2,7-12H2,1H3,(H,24,25). The Kier molecular flexibility index (Phi) is 3.89. The number of fused-ring (bicyclic) bond motifs is 1. The molecule has 0 bridgehead atoms. The maximum Gasteiger partial charge on any atom is 0.329 e. The van der Waals surface area contributed by atoms with Gasteiger partial charge in [-0.25, -0.2) is 4.79 Å². The zero-order valence-electron chi connectivity index (χ0n) is 14.9. The first-order chi connectivity index (χ1) is 12.5. The Morgan fingerprint density at radius 1 is 1.15 bits per heavy atom. The summed E-state index contributed by atoms with van der Waals surface area (Å²) < 4.78 is 3.22. The van der Waals surface area contributed by atoms with Crippen LogP contribution >= 0.6 is 0 Å². The van der Waals surface area contributed by atoms with Crippen LogP contribution in [0.3, 0.4) is 0 Å². The van der Waals surface area contributed by atoms with E-state index in [1.807, 2.05) is 31.2 Å². The van der Waals surface area contributed by atoms with Crippen LogP contribution in [0.4, 0.5) is 0 Å². The first-order valence-corrected chi connectivity index (χ1v) is 9.15. The van der Waals surface area contributed by atoms with Crippen LogP contribution in [0.2, 0.25) is 0 Å². The molecule has 138 valence electrons. The topological polar surface area (TPSA) is 84.5 Å². The fraction of sp³-hybridized carbons (Fsp3) is 0.526. The number of nitrogens with zero attached hydrogens (tertiary/aromatic N) is 3. The Balaban J connectivity index is 1.50. The average molecular weight is 357 g/mol. The minimum absolute atomic E-state index is 0.0295. The maximum atomic E-state index is 12.7. The number of benzene rings is 1. The van der Waals surface area contributed by atoms with Gasteiger partial charge >= 0.3 is 11.7 Å². The van der Waals surface area contributed by atoms with Gasteiger partial charge in [-0.3, -0.25) is 18.7 Å². The van der Waals surface area contributed by atoms with Crippen molar-refractivity contribution < 1.29 is 14.7 Å². The summed E-state index contributed by atoms with van der Waals surface area (Å²) in [6.45, 7) is 3.65. The maximum absolute atomic E-state index is 12.7. The number of likely N-dealkylation sites (tertiary alicyclic amines) is 1. The van der Waals surface area contributed by atoms with Crippen molar-refractivity contribution in [2.75, 3.05) is 13.1 Å². The minimum atomic E-state index is -0.719. The predicted molar refractivity (Wildman–Crippen MR) is 95.9 cm³/mol. The summed E-state index contributed by atoms with van der Waals surface area (Å²) in [5, 5.41) is 9.18. The van der Waals surface area contributed by atoms with Crippen LogP contribution in [-0.2, 0) is 22.7 Å². The lowest BCUT2D eigenvalue weighted by atomic mass is 9.91. The van der Waals surface area contributed by atoms with Crippen LogP contribution in [-0.4, -0.2) is 44.1 Å². The lowest BCUT2D eigenvalue weighted by molar-refractivity contribution is -0.140. The van der Waals surface area contributed by atoms with Crippen LogP contribution in [0.25, 0.3) is 11.0 Å². The number of amides is 1. The third-order valence-corrected chi connectivity index (χ3v) is 6.13. The molecule has 2 fully saturated rings. The third kappa shape index (κ3) is 2.53. The van der Waals surface area contributed by atoms with Crippen molar-refractivity contribution in [3.05, 3.63) is 34.7 Å². The number of para-hydroxylation sites is 2. The van der Waals surface area contributed by atoms with Gasteiger partial charge in [0.05, 0.1) is 17.0 Å². The van der Waals surface area contributed by atoms with Gasteiger partial charge < -0.3 is 10.0 Å². The Labute approximate surface area is 150 Å². The highest BCUT2D eigenvalue weighted by Gasteiger charge is 2.59. The van der Waals surface area contributed by atoms with Crippen LogP contribution < -0.4 is 5.69 Å². The number of carboxylic acid groups (broad SMARTS) is 1. The zero-order valence-corrected chi connectivity index (χ0v) is 14.9. The van der Waals surface area contributed by atoms with Gasteiger partial charge in [0, 0.05) is 19.6 Å². The second kappa shape index (κ2) is 6.00. The van der Waals surface area contributed by atoms with Gasteiger partial charge in [0.15, 0.2) is 0 Å². The molecule has 1 unspecified atom stereocenters. The van der Waals surface area contributed by atoms with Crippen LogP contribution in [0.5, 0.6) is 0 Å². The molecule has 26 heavy (non-hydrogen) atoms. The van der Waals surface area contributed by atoms with E-state index in [-0.39, 0.29) is 29.5 Å². The Hall–Kier alpha value is -2.57. The highest BCUT2D eigenvalue weighted by molar-refractivity contribution is 5.81. The largest absolute Gasteiger partial charge is 0.481 e. The number of carboxylic acids is 1. The molecule has 2 aromatic rings. The van der Waals surface area contributed by atoms with Gasteiger partial charge in [-0.15, -0.1) is 0 Å². The lowest BCUT2D eigenvalue weighted by Crippen LogP contribution is -2.42. The number of carbonyl (C=O) groups excluding carboxylic acids is 1. The van der Waals surface area contributed by atoms with Crippen molar-refractivity contribution in [1.82, 2.24) is 14.0 Å². The smallest absolute Gasteiger partial charge is 0.329 e. The number of hydrogen-bond donors (Lipinski definition) is 1. The molecule has 7 heteroatoms. The number of rotatable bonds is 4. The van der Waals surface area contributed by atoms with Crippen molar-refractivity contribution in [2.24, 2.45) is 11.3 Å². The van der Waals surface area contributed by atoms with E-state index in [0.29, 0.717) is 19.6 Å². The first-order valence-electron chi connectivity index (χ1n) is 9.15. The molecule has 1 aliphatic carbocycles. The van der Waals surface area contributed by atoms with Crippen molar-refractivity contribution in [3.63, 3.8) is 0 Å². The monoisotopic (exact) mass is 357 g/mol. The fourth-order valence-corrected chi connectivity index (χ4v) is 4.42. The summed E-state index contributed by atoms with van der Waals surface area (Å²) in [5.41, 5.74) is 1.35. The molecule has 1 atom stereocenters. The number of imidazole rings is 1. The van der Waals surface area contributed by atoms with Crippen molar-refractivity contribution in [1.29, 1.82) is 0 Å². The summed E-state index contributed by atoms with van der Waals surface area (Å²) >= 11 is 0. The molecular weight excluding hydrogens is 334 g/mol. The molecule has 0 radical (unpaired) electrons. The van der Waals surface area contributed by atoms with Gasteiger partial charge in [-0.05, 0) is 43.7 Å². The number of hydrogen-bond acceptors (Lipinski definition) is 3. The lowest BCUT2D eigenvalue weighted by Gasteiger charge is -2.32. The molecular formula is C19H23N3O4. The fourth-order valence-electron chi connectivity index (χ4n) is 4.42. The Bertz CT molecular complexity index is 934. The van der Waals surface area contributed by atoms with Crippen LogP contribution in [0.15, 0.2) is 29.1 Å². The molecule has 1 saturated carbocycles. The van der Waals surface area contributed by atoms with Crippen molar-refractivity contribution >= 4 is 22.9 Å². The van der Waals surface area contributed by atoms with Gasteiger partial charge in [0.1, 0.15) is 6.54 Å². The van der Waals surface area contributed by atoms with E-state index in [4.69, 9.17) is 0 Å². The summed E-state index contributed by atoms with van der Waals surface area (Å²) in [6, 6.07) is 7.51. The molecule has 1 saturated heterocycles. The quantitative estimate of drug-likeness (QED) is 0.899. The SMILES string of the molecule is CCn1c(=O)n(CC(=O)N2CCC3(CC2)CC3C(=O)O)c2ccccc21. The normalized spacial score (nSPS) is 21.3. The highest BCUT2D eigenvalue weighted by atomic mass is 16.4. The Morgan fingerprint density at radius 2 is 1.77 bits per heavy atom. The van der Waals surface area contributed by atoms with Crippen LogP contribution in [0.1, 0.15) is 26.2 Å².